The molecule has 0 aliphatic carbocycles. The first kappa shape index (κ1) is 13.3. The molecule has 1 aromatic carbocycles. The molecule has 0 saturated carbocycles. The van der Waals surface area contributed by atoms with Crippen LogP contribution in [0.15, 0.2) is 42.6 Å². The van der Waals surface area contributed by atoms with Gasteiger partial charge in [-0.3, -0.25) is 4.79 Å². The summed E-state index contributed by atoms with van der Waals surface area (Å²) in [5.41, 5.74) is 1.90. The van der Waals surface area contributed by atoms with E-state index in [0.29, 0.717) is 11.4 Å². The normalized spacial score (nSPS) is 10.2. The van der Waals surface area contributed by atoms with Crippen LogP contribution in [0.1, 0.15) is 36.2 Å². The molecule has 2 rings (SSSR count). The number of carbonyl (C=O) groups excluding carboxylic acids is 1. The highest BCUT2D eigenvalue weighted by atomic mass is 16.5. The molecule has 1 aromatic heterocycles. The predicted octanol–water partition coefficient (Wildman–Crippen LogP) is 4.03. The lowest BCUT2D eigenvalue weighted by atomic mass is 10.1. The zero-order chi connectivity index (χ0) is 13.7. The molecular weight excluding hydrogens is 238 g/mol. The van der Waals surface area contributed by atoms with Gasteiger partial charge in [-0.2, -0.15) is 0 Å². The minimum atomic E-state index is 0.00513. The lowest BCUT2D eigenvalue weighted by Crippen LogP contribution is -1.95. The number of benzene rings is 1. The van der Waals surface area contributed by atoms with Crippen LogP contribution in [0.3, 0.4) is 0 Å². The number of Topliss-reactive ketones (excluding diaryl/α,β-unsaturated/α-hetero) is 1. The molecule has 98 valence electrons. The van der Waals surface area contributed by atoms with E-state index in [2.05, 4.69) is 11.9 Å². The van der Waals surface area contributed by atoms with E-state index in [4.69, 9.17) is 4.74 Å². The first-order chi connectivity index (χ1) is 9.19. The van der Waals surface area contributed by atoms with Gasteiger partial charge in [-0.25, -0.2) is 4.98 Å². The number of ketones is 1. The van der Waals surface area contributed by atoms with Crippen molar-refractivity contribution in [3.8, 4) is 11.6 Å². The van der Waals surface area contributed by atoms with Gasteiger partial charge in [-0.05, 0) is 37.1 Å². The van der Waals surface area contributed by atoms with Gasteiger partial charge in [0.05, 0.1) is 0 Å². The highest BCUT2D eigenvalue weighted by molar-refractivity contribution is 5.94. The minimum Gasteiger partial charge on any atom is -0.439 e. The fourth-order valence-corrected chi connectivity index (χ4v) is 1.82. The fourth-order valence-electron chi connectivity index (χ4n) is 1.82. The molecule has 0 saturated heterocycles. The summed E-state index contributed by atoms with van der Waals surface area (Å²) in [4.78, 5) is 15.4. The average Bonchev–Trinajstić information content (AvgIpc) is 2.42. The summed E-state index contributed by atoms with van der Waals surface area (Å²) in [6, 6.07) is 11.3. The number of aromatic nitrogens is 1. The van der Waals surface area contributed by atoms with E-state index >= 15 is 0 Å². The Hall–Kier alpha value is -2.16. The van der Waals surface area contributed by atoms with E-state index in [1.807, 2.05) is 24.3 Å². The zero-order valence-electron chi connectivity index (χ0n) is 11.2. The van der Waals surface area contributed by atoms with Crippen LogP contribution in [0.5, 0.6) is 11.6 Å². The number of nitrogens with zero attached hydrogens (tertiary/aromatic N) is 1. The van der Waals surface area contributed by atoms with E-state index < -0.39 is 0 Å². The Morgan fingerprint density at radius 2 is 1.95 bits per heavy atom. The Kier molecular flexibility index (Phi) is 4.29. The van der Waals surface area contributed by atoms with Crippen molar-refractivity contribution in [1.29, 1.82) is 0 Å². The molecule has 2 aromatic rings. The van der Waals surface area contributed by atoms with Crippen LogP contribution in [0.25, 0.3) is 0 Å². The minimum absolute atomic E-state index is 0.00513. The van der Waals surface area contributed by atoms with Crippen LogP contribution in [-0.2, 0) is 6.42 Å². The van der Waals surface area contributed by atoms with Gasteiger partial charge in [0.1, 0.15) is 5.75 Å². The molecule has 1 heterocycles. The topological polar surface area (TPSA) is 39.2 Å². The highest BCUT2D eigenvalue weighted by Crippen LogP contribution is 2.21. The fraction of sp³-hybridized carbons (Fsp3) is 0.250. The number of ether oxygens (including phenoxy) is 1. The van der Waals surface area contributed by atoms with Crippen molar-refractivity contribution < 1.29 is 9.53 Å². The van der Waals surface area contributed by atoms with Crippen molar-refractivity contribution in [3.63, 3.8) is 0 Å². The summed E-state index contributed by atoms with van der Waals surface area (Å²) in [6.07, 6.45) is 3.78. The maximum atomic E-state index is 11.3. The van der Waals surface area contributed by atoms with Crippen molar-refractivity contribution in [2.75, 3.05) is 0 Å². The molecule has 0 atom stereocenters. The zero-order valence-corrected chi connectivity index (χ0v) is 11.2. The van der Waals surface area contributed by atoms with Gasteiger partial charge in [-0.15, -0.1) is 0 Å². The molecule has 0 unspecified atom stereocenters. The van der Waals surface area contributed by atoms with Gasteiger partial charge in [0.15, 0.2) is 5.78 Å². The van der Waals surface area contributed by atoms with Crippen LogP contribution in [0.4, 0.5) is 0 Å². The SMILES string of the molecule is CCCc1ccc(Oc2cc(C(C)=O)ccn2)cc1. The van der Waals surface area contributed by atoms with Gasteiger partial charge in [-0.1, -0.05) is 25.5 Å². The van der Waals surface area contributed by atoms with E-state index in [1.165, 1.54) is 12.5 Å². The van der Waals surface area contributed by atoms with Crippen LogP contribution in [0, 0.1) is 0 Å². The highest BCUT2D eigenvalue weighted by Gasteiger charge is 2.03. The quantitative estimate of drug-likeness (QED) is 0.757. The molecule has 0 bridgehead atoms. The van der Waals surface area contributed by atoms with Crippen molar-refractivity contribution >= 4 is 5.78 Å². The second kappa shape index (κ2) is 6.14. The molecule has 0 N–H and O–H groups in total. The maximum Gasteiger partial charge on any atom is 0.219 e. The molecule has 0 aliphatic heterocycles. The smallest absolute Gasteiger partial charge is 0.219 e. The molecule has 0 amide bonds. The van der Waals surface area contributed by atoms with E-state index in [-0.39, 0.29) is 5.78 Å². The number of carbonyl (C=O) groups is 1. The second-order valence-electron chi connectivity index (χ2n) is 4.43. The van der Waals surface area contributed by atoms with Gasteiger partial charge in [0, 0.05) is 17.8 Å². The van der Waals surface area contributed by atoms with Gasteiger partial charge in [0.25, 0.3) is 0 Å². The monoisotopic (exact) mass is 255 g/mol. The molecule has 3 nitrogen and oxygen atoms in total. The predicted molar refractivity (Wildman–Crippen MR) is 74.8 cm³/mol. The Morgan fingerprint density at radius 3 is 2.58 bits per heavy atom. The van der Waals surface area contributed by atoms with Crippen LogP contribution >= 0.6 is 0 Å². The summed E-state index contributed by atoms with van der Waals surface area (Å²) in [5.74, 6) is 1.18. The third-order valence-electron chi connectivity index (χ3n) is 2.83. The first-order valence-electron chi connectivity index (χ1n) is 6.43. The van der Waals surface area contributed by atoms with Crippen molar-refractivity contribution in [3.05, 3.63) is 53.7 Å². The molecule has 0 aliphatic rings. The third kappa shape index (κ3) is 3.65. The standard InChI is InChI=1S/C16H17NO2/c1-3-4-13-5-7-15(8-6-13)19-16-11-14(12(2)18)9-10-17-16/h5-11H,3-4H2,1-2H3. The van der Waals surface area contributed by atoms with E-state index in [0.717, 1.165) is 18.6 Å². The van der Waals surface area contributed by atoms with Gasteiger partial charge < -0.3 is 4.74 Å². The largest absolute Gasteiger partial charge is 0.439 e. The summed E-state index contributed by atoms with van der Waals surface area (Å²) in [7, 11) is 0. The van der Waals surface area contributed by atoms with Crippen LogP contribution < -0.4 is 4.74 Å². The average molecular weight is 255 g/mol. The molecular formula is C16H17NO2. The summed E-state index contributed by atoms with van der Waals surface area (Å²) in [6.45, 7) is 3.68. The van der Waals surface area contributed by atoms with Crippen molar-refractivity contribution in [1.82, 2.24) is 4.98 Å². The molecule has 19 heavy (non-hydrogen) atoms. The number of rotatable bonds is 5. The molecule has 0 radical (unpaired) electrons. The Balaban J connectivity index is 2.12. The third-order valence-corrected chi connectivity index (χ3v) is 2.83. The Labute approximate surface area is 113 Å². The van der Waals surface area contributed by atoms with Crippen LogP contribution in [0.2, 0.25) is 0 Å². The Bertz CT molecular complexity index is 561. The number of hydrogen-bond acceptors (Lipinski definition) is 3. The molecule has 3 heteroatoms. The first-order valence-corrected chi connectivity index (χ1v) is 6.43. The van der Waals surface area contributed by atoms with Crippen molar-refractivity contribution in [2.45, 2.75) is 26.7 Å². The van der Waals surface area contributed by atoms with Crippen LogP contribution in [-0.4, -0.2) is 10.8 Å². The van der Waals surface area contributed by atoms with Crippen molar-refractivity contribution in [2.24, 2.45) is 0 Å². The van der Waals surface area contributed by atoms with E-state index in [9.17, 15) is 4.79 Å². The Morgan fingerprint density at radius 1 is 1.21 bits per heavy atom. The summed E-state index contributed by atoms with van der Waals surface area (Å²) >= 11 is 0. The second-order valence-corrected chi connectivity index (χ2v) is 4.43. The number of hydrogen-bond donors (Lipinski definition) is 0. The lowest BCUT2D eigenvalue weighted by molar-refractivity contribution is 0.101. The molecule has 0 spiro atoms. The number of pyridine rings is 1. The van der Waals surface area contributed by atoms with Gasteiger partial charge in [0.2, 0.25) is 5.88 Å². The van der Waals surface area contributed by atoms with E-state index in [1.54, 1.807) is 18.3 Å². The molecule has 0 fully saturated rings. The summed E-state index contributed by atoms with van der Waals surface area (Å²) in [5, 5.41) is 0. The lowest BCUT2D eigenvalue weighted by Gasteiger charge is -2.06. The summed E-state index contributed by atoms with van der Waals surface area (Å²) < 4.78 is 5.64. The number of aryl methyl sites for hydroxylation is 1. The maximum absolute atomic E-state index is 11.3. The van der Waals surface area contributed by atoms with Gasteiger partial charge >= 0.3 is 0 Å².